The second kappa shape index (κ2) is 5.19. The zero-order valence-electron chi connectivity index (χ0n) is 12.0. The fourth-order valence-corrected chi connectivity index (χ4v) is 2.54. The van der Waals surface area contributed by atoms with Crippen LogP contribution in [0.15, 0.2) is 30.5 Å². The van der Waals surface area contributed by atoms with Gasteiger partial charge in [0.15, 0.2) is 0 Å². The van der Waals surface area contributed by atoms with Crippen LogP contribution < -0.4 is 4.74 Å². The van der Waals surface area contributed by atoms with Crippen molar-refractivity contribution >= 4 is 16.8 Å². The van der Waals surface area contributed by atoms with E-state index in [1.807, 2.05) is 53.9 Å². The van der Waals surface area contributed by atoms with E-state index in [-0.39, 0.29) is 5.91 Å². The van der Waals surface area contributed by atoms with Crippen LogP contribution in [0, 0.1) is 0 Å². The van der Waals surface area contributed by atoms with Crippen molar-refractivity contribution in [2.45, 2.75) is 32.4 Å². The van der Waals surface area contributed by atoms with Crippen molar-refractivity contribution in [1.29, 1.82) is 0 Å². The maximum atomic E-state index is 12.2. The number of ether oxygens (including phenoxy) is 1. The summed E-state index contributed by atoms with van der Waals surface area (Å²) in [4.78, 5) is 14.1. The highest BCUT2D eigenvalue weighted by Gasteiger charge is 2.29. The smallest absolute Gasteiger partial charge is 0.242 e. The van der Waals surface area contributed by atoms with Gasteiger partial charge in [-0.2, -0.15) is 0 Å². The van der Waals surface area contributed by atoms with Gasteiger partial charge in [-0.15, -0.1) is 0 Å². The van der Waals surface area contributed by atoms with Crippen LogP contribution >= 0.6 is 0 Å². The van der Waals surface area contributed by atoms with Gasteiger partial charge < -0.3 is 14.2 Å². The van der Waals surface area contributed by atoms with Gasteiger partial charge in [0.25, 0.3) is 0 Å². The number of aromatic nitrogens is 1. The first-order valence-electron chi connectivity index (χ1n) is 7.17. The molecule has 0 atom stereocenters. The first-order valence-corrected chi connectivity index (χ1v) is 7.17. The summed E-state index contributed by atoms with van der Waals surface area (Å²) in [5.41, 5.74) is 1.05. The first kappa shape index (κ1) is 13.0. The molecule has 1 heterocycles. The van der Waals surface area contributed by atoms with Crippen molar-refractivity contribution in [2.24, 2.45) is 0 Å². The van der Waals surface area contributed by atoms with Crippen molar-refractivity contribution in [3.05, 3.63) is 30.5 Å². The molecule has 2 aromatic rings. The van der Waals surface area contributed by atoms with Crippen LogP contribution in [0.5, 0.6) is 5.75 Å². The zero-order valence-corrected chi connectivity index (χ0v) is 12.0. The van der Waals surface area contributed by atoms with Crippen LogP contribution in [0.25, 0.3) is 10.9 Å². The summed E-state index contributed by atoms with van der Waals surface area (Å²) >= 11 is 0. The van der Waals surface area contributed by atoms with E-state index in [2.05, 4.69) is 0 Å². The highest BCUT2D eigenvalue weighted by Crippen LogP contribution is 2.28. The molecule has 106 valence electrons. The molecule has 3 rings (SSSR count). The summed E-state index contributed by atoms with van der Waals surface area (Å²) in [6, 6.07) is 8.45. The predicted octanol–water partition coefficient (Wildman–Crippen LogP) is 2.66. The number of benzene rings is 1. The van der Waals surface area contributed by atoms with Crippen molar-refractivity contribution < 1.29 is 9.53 Å². The molecule has 0 radical (unpaired) electrons. The molecule has 4 heteroatoms. The maximum absolute atomic E-state index is 12.2. The number of carbonyl (C=O) groups is 1. The van der Waals surface area contributed by atoms with Gasteiger partial charge in [0.1, 0.15) is 12.3 Å². The predicted molar refractivity (Wildman–Crippen MR) is 78.9 cm³/mol. The molecule has 20 heavy (non-hydrogen) atoms. The summed E-state index contributed by atoms with van der Waals surface area (Å²) in [6.07, 6.45) is 4.25. The lowest BCUT2D eigenvalue weighted by atomic mass is 10.2. The van der Waals surface area contributed by atoms with Gasteiger partial charge in [-0.3, -0.25) is 4.79 Å². The van der Waals surface area contributed by atoms with Crippen LogP contribution in [-0.2, 0) is 11.3 Å². The standard InChI is InChI=1S/C16H20N2O2/c1-3-20-15-6-4-5-14-13(15)9-10-18(14)11-16(19)17(2)12-7-8-12/h4-6,9-10,12H,3,7-8,11H2,1-2H3. The fourth-order valence-electron chi connectivity index (χ4n) is 2.54. The molecule has 0 spiro atoms. The van der Waals surface area contributed by atoms with Crippen molar-refractivity contribution in [1.82, 2.24) is 9.47 Å². The summed E-state index contributed by atoms with van der Waals surface area (Å²) < 4.78 is 7.62. The Morgan fingerprint density at radius 2 is 2.20 bits per heavy atom. The highest BCUT2D eigenvalue weighted by atomic mass is 16.5. The zero-order chi connectivity index (χ0) is 14.1. The number of hydrogen-bond donors (Lipinski definition) is 0. The van der Waals surface area contributed by atoms with Gasteiger partial charge in [-0.05, 0) is 38.0 Å². The first-order chi connectivity index (χ1) is 9.70. The van der Waals surface area contributed by atoms with Gasteiger partial charge in [-0.25, -0.2) is 0 Å². The highest BCUT2D eigenvalue weighted by molar-refractivity contribution is 5.88. The van der Waals surface area contributed by atoms with Gasteiger partial charge in [0, 0.05) is 24.7 Å². The van der Waals surface area contributed by atoms with E-state index < -0.39 is 0 Å². The Hall–Kier alpha value is -1.97. The van der Waals surface area contributed by atoms with Gasteiger partial charge >= 0.3 is 0 Å². The molecular weight excluding hydrogens is 252 g/mol. The molecule has 1 aliphatic carbocycles. The number of nitrogens with zero attached hydrogens (tertiary/aromatic N) is 2. The summed E-state index contributed by atoms with van der Waals surface area (Å²) in [6.45, 7) is 3.02. The lowest BCUT2D eigenvalue weighted by Crippen LogP contribution is -2.31. The number of likely N-dealkylation sites (N-methyl/N-ethyl adjacent to an activating group) is 1. The number of hydrogen-bond acceptors (Lipinski definition) is 2. The number of carbonyl (C=O) groups excluding carboxylic acids is 1. The third kappa shape index (κ3) is 2.38. The third-order valence-electron chi connectivity index (χ3n) is 3.87. The maximum Gasteiger partial charge on any atom is 0.242 e. The SMILES string of the molecule is CCOc1cccc2c1ccn2CC(=O)N(C)C1CC1. The van der Waals surface area contributed by atoms with E-state index in [0.717, 1.165) is 29.5 Å². The second-order valence-corrected chi connectivity index (χ2v) is 5.30. The summed E-state index contributed by atoms with van der Waals surface area (Å²) in [7, 11) is 1.90. The lowest BCUT2D eigenvalue weighted by molar-refractivity contribution is -0.130. The number of fused-ring (bicyclic) bond motifs is 1. The van der Waals surface area contributed by atoms with Gasteiger partial charge in [-0.1, -0.05) is 6.07 Å². The molecule has 4 nitrogen and oxygen atoms in total. The van der Waals surface area contributed by atoms with Crippen LogP contribution in [0.3, 0.4) is 0 Å². The minimum atomic E-state index is 0.173. The molecular formula is C16H20N2O2. The van der Waals surface area contributed by atoms with E-state index in [1.54, 1.807) is 0 Å². The molecule has 0 aliphatic heterocycles. The molecule has 0 saturated heterocycles. The molecule has 0 unspecified atom stereocenters. The van der Waals surface area contributed by atoms with Crippen molar-refractivity contribution in [3.63, 3.8) is 0 Å². The summed E-state index contributed by atoms with van der Waals surface area (Å²) in [5, 5.41) is 1.07. The molecule has 1 saturated carbocycles. The molecule has 0 N–H and O–H groups in total. The molecule has 1 aliphatic rings. The number of amides is 1. The minimum Gasteiger partial charge on any atom is -0.493 e. The Labute approximate surface area is 118 Å². The Morgan fingerprint density at radius 1 is 1.40 bits per heavy atom. The second-order valence-electron chi connectivity index (χ2n) is 5.30. The van der Waals surface area contributed by atoms with Crippen LogP contribution in [0.2, 0.25) is 0 Å². The molecule has 1 amide bonds. The average molecular weight is 272 g/mol. The minimum absolute atomic E-state index is 0.173. The van der Waals surface area contributed by atoms with E-state index >= 15 is 0 Å². The van der Waals surface area contributed by atoms with Gasteiger partial charge in [0.05, 0.1) is 12.1 Å². The molecule has 1 fully saturated rings. The van der Waals surface area contributed by atoms with Crippen LogP contribution in [0.1, 0.15) is 19.8 Å². The van der Waals surface area contributed by atoms with E-state index in [9.17, 15) is 4.79 Å². The normalized spacial score (nSPS) is 14.5. The largest absolute Gasteiger partial charge is 0.493 e. The Kier molecular flexibility index (Phi) is 3.38. The van der Waals surface area contributed by atoms with E-state index in [0.29, 0.717) is 19.2 Å². The van der Waals surface area contributed by atoms with Crippen LogP contribution in [0.4, 0.5) is 0 Å². The Morgan fingerprint density at radius 3 is 2.90 bits per heavy atom. The topological polar surface area (TPSA) is 34.5 Å². The Bertz CT molecular complexity index is 628. The van der Waals surface area contributed by atoms with E-state index in [4.69, 9.17) is 4.74 Å². The van der Waals surface area contributed by atoms with Crippen LogP contribution in [-0.4, -0.2) is 35.1 Å². The van der Waals surface area contributed by atoms with Crippen molar-refractivity contribution in [3.8, 4) is 5.75 Å². The average Bonchev–Trinajstić information content (AvgIpc) is 3.22. The van der Waals surface area contributed by atoms with Gasteiger partial charge in [0.2, 0.25) is 5.91 Å². The molecule has 1 aromatic carbocycles. The molecule has 1 aromatic heterocycles. The fraction of sp³-hybridized carbons (Fsp3) is 0.438. The molecule has 0 bridgehead atoms. The summed E-state index contributed by atoms with van der Waals surface area (Å²) in [5.74, 6) is 1.05. The number of rotatable bonds is 5. The monoisotopic (exact) mass is 272 g/mol. The lowest BCUT2D eigenvalue weighted by Gasteiger charge is -2.17. The van der Waals surface area contributed by atoms with E-state index in [1.165, 1.54) is 0 Å². The Balaban J connectivity index is 1.85. The third-order valence-corrected chi connectivity index (χ3v) is 3.87. The quantitative estimate of drug-likeness (QED) is 0.838. The van der Waals surface area contributed by atoms with Crippen molar-refractivity contribution in [2.75, 3.05) is 13.7 Å².